The lowest BCUT2D eigenvalue weighted by atomic mass is 10.1. The molecule has 0 bridgehead atoms. The fourth-order valence-electron chi connectivity index (χ4n) is 2.28. The third-order valence-electron chi connectivity index (χ3n) is 3.35. The number of thiophene rings is 1. The van der Waals surface area contributed by atoms with Crippen LogP contribution in [0.3, 0.4) is 0 Å². The molecule has 10 heteroatoms. The lowest BCUT2D eigenvalue weighted by molar-refractivity contribution is 0.0331. The second kappa shape index (κ2) is 8.08. The first kappa shape index (κ1) is 20.9. The maximum Gasteiger partial charge on any atom is 0.404 e. The molecule has 1 heterocycles. The van der Waals surface area contributed by atoms with Crippen LogP contribution in [0, 0.1) is 5.82 Å². The molecule has 26 heavy (non-hydrogen) atoms. The van der Waals surface area contributed by atoms with Gasteiger partial charge in [0.05, 0.1) is 25.4 Å². The summed E-state index contributed by atoms with van der Waals surface area (Å²) in [4.78, 5) is 11.9. The molecule has 144 valence electrons. The molecule has 0 aliphatic carbocycles. The minimum atomic E-state index is -4.93. The van der Waals surface area contributed by atoms with E-state index in [0.717, 1.165) is 23.5 Å². The van der Waals surface area contributed by atoms with Crippen LogP contribution in [0.2, 0.25) is 0 Å². The molecule has 0 saturated heterocycles. The van der Waals surface area contributed by atoms with Crippen LogP contribution in [-0.2, 0) is 24.0 Å². The highest BCUT2D eigenvalue weighted by Gasteiger charge is 2.56. The Kier molecular flexibility index (Phi) is 6.50. The standard InChI is InChI=1S/C16H18F3O5PS/c1-4-22-15(20)14-8-10-7-11(12(17)9-13(10)26-14)16(18,19)25(21,23-5-2)24-6-3/h7-9H,4-6H2,1-3H3. The molecule has 0 fully saturated rings. The molecule has 1 aromatic carbocycles. The Labute approximate surface area is 152 Å². The number of esters is 1. The van der Waals surface area contributed by atoms with Crippen LogP contribution in [0.15, 0.2) is 18.2 Å². The van der Waals surface area contributed by atoms with Gasteiger partial charge >= 0.3 is 19.2 Å². The van der Waals surface area contributed by atoms with Gasteiger partial charge in [-0.1, -0.05) is 0 Å². The molecule has 0 N–H and O–H groups in total. The van der Waals surface area contributed by atoms with Crippen LogP contribution in [0.4, 0.5) is 13.2 Å². The van der Waals surface area contributed by atoms with Crippen molar-refractivity contribution in [1.82, 2.24) is 0 Å². The van der Waals surface area contributed by atoms with Crippen molar-refractivity contribution in [3.05, 3.63) is 34.5 Å². The zero-order valence-corrected chi connectivity index (χ0v) is 16.1. The van der Waals surface area contributed by atoms with E-state index in [0.29, 0.717) is 0 Å². The number of carbonyl (C=O) groups is 1. The average molecular weight is 410 g/mol. The fourth-order valence-corrected chi connectivity index (χ4v) is 4.79. The lowest BCUT2D eigenvalue weighted by Gasteiger charge is -2.26. The van der Waals surface area contributed by atoms with E-state index >= 15 is 0 Å². The fraction of sp³-hybridized carbons (Fsp3) is 0.438. The Bertz CT molecular complexity index is 842. The van der Waals surface area contributed by atoms with Crippen LogP contribution in [0.25, 0.3) is 10.1 Å². The van der Waals surface area contributed by atoms with Gasteiger partial charge in [-0.05, 0) is 44.4 Å². The smallest absolute Gasteiger partial charge is 0.404 e. The van der Waals surface area contributed by atoms with Gasteiger partial charge in [0, 0.05) is 4.70 Å². The van der Waals surface area contributed by atoms with Gasteiger partial charge in [-0.2, -0.15) is 8.78 Å². The van der Waals surface area contributed by atoms with Gasteiger partial charge in [-0.25, -0.2) is 9.18 Å². The van der Waals surface area contributed by atoms with Crippen LogP contribution < -0.4 is 0 Å². The van der Waals surface area contributed by atoms with Gasteiger partial charge in [-0.3, -0.25) is 4.57 Å². The van der Waals surface area contributed by atoms with Gasteiger partial charge in [-0.15, -0.1) is 11.3 Å². The zero-order chi connectivity index (χ0) is 19.5. The molecule has 0 atom stereocenters. The van der Waals surface area contributed by atoms with Crippen molar-refractivity contribution >= 4 is 35.0 Å². The number of halogens is 3. The Balaban J connectivity index is 2.55. The second-order valence-electron chi connectivity index (χ2n) is 5.08. The number of alkyl halides is 2. The van der Waals surface area contributed by atoms with Crippen LogP contribution in [-0.4, -0.2) is 25.8 Å². The van der Waals surface area contributed by atoms with E-state index in [9.17, 15) is 22.5 Å². The molecule has 5 nitrogen and oxygen atoms in total. The molecule has 0 aliphatic rings. The summed E-state index contributed by atoms with van der Waals surface area (Å²) in [6, 6.07) is 3.05. The van der Waals surface area contributed by atoms with Crippen molar-refractivity contribution in [2.45, 2.75) is 26.4 Å². The second-order valence-corrected chi connectivity index (χ2v) is 8.23. The Hall–Kier alpha value is -1.41. The number of hydrogen-bond acceptors (Lipinski definition) is 6. The molecule has 0 spiro atoms. The largest absolute Gasteiger partial charge is 0.462 e. The molecule has 0 saturated carbocycles. The van der Waals surface area contributed by atoms with Crippen molar-refractivity contribution in [1.29, 1.82) is 0 Å². The predicted molar refractivity (Wildman–Crippen MR) is 92.5 cm³/mol. The lowest BCUT2D eigenvalue weighted by Crippen LogP contribution is -2.19. The minimum Gasteiger partial charge on any atom is -0.462 e. The van der Waals surface area contributed by atoms with Crippen molar-refractivity contribution in [3.8, 4) is 0 Å². The Morgan fingerprint density at radius 3 is 2.27 bits per heavy atom. The third-order valence-corrected chi connectivity index (χ3v) is 6.55. The van der Waals surface area contributed by atoms with E-state index in [1.54, 1.807) is 6.92 Å². The molecule has 0 radical (unpaired) electrons. The Morgan fingerprint density at radius 1 is 1.12 bits per heavy atom. The average Bonchev–Trinajstić information content (AvgIpc) is 2.97. The van der Waals surface area contributed by atoms with Crippen molar-refractivity contribution in [3.63, 3.8) is 0 Å². The number of ether oxygens (including phenoxy) is 1. The number of fused-ring (bicyclic) bond motifs is 1. The summed E-state index contributed by atoms with van der Waals surface area (Å²) in [7, 11) is -4.93. The van der Waals surface area contributed by atoms with Crippen molar-refractivity contribution < 1.29 is 36.3 Å². The first-order valence-corrected chi connectivity index (χ1v) is 10.2. The van der Waals surface area contributed by atoms with Crippen molar-refractivity contribution in [2.24, 2.45) is 0 Å². The van der Waals surface area contributed by atoms with Crippen LogP contribution >= 0.6 is 18.9 Å². The quantitative estimate of drug-likeness (QED) is 0.423. The molecule has 1 aromatic heterocycles. The summed E-state index contributed by atoms with van der Waals surface area (Å²) in [6.45, 7) is 3.96. The normalized spacial score (nSPS) is 12.5. The first-order valence-electron chi connectivity index (χ1n) is 7.87. The monoisotopic (exact) mass is 410 g/mol. The number of benzene rings is 1. The summed E-state index contributed by atoms with van der Waals surface area (Å²) in [5.41, 5.74) is -5.30. The summed E-state index contributed by atoms with van der Waals surface area (Å²) in [5, 5.41) is 0.202. The van der Waals surface area contributed by atoms with E-state index in [4.69, 9.17) is 4.74 Å². The SMILES string of the molecule is CCOC(=O)c1cc2cc(C(F)(F)P(=O)(OCC)OCC)c(F)cc2s1. The highest BCUT2D eigenvalue weighted by atomic mass is 32.1. The molecular formula is C16H18F3O5PS. The number of rotatable bonds is 8. The molecule has 0 aliphatic heterocycles. The van der Waals surface area contributed by atoms with E-state index in [1.807, 2.05) is 0 Å². The summed E-state index contributed by atoms with van der Waals surface area (Å²) >= 11 is 0.916. The highest BCUT2D eigenvalue weighted by molar-refractivity contribution is 7.54. The molecule has 0 amide bonds. The maximum absolute atomic E-state index is 14.8. The number of hydrogen-bond donors (Lipinski definition) is 0. The van der Waals surface area contributed by atoms with E-state index in [2.05, 4.69) is 9.05 Å². The van der Waals surface area contributed by atoms with Gasteiger partial charge in [0.2, 0.25) is 0 Å². The van der Waals surface area contributed by atoms with Gasteiger partial charge in [0.15, 0.2) is 0 Å². The highest BCUT2D eigenvalue weighted by Crippen LogP contribution is 2.67. The van der Waals surface area contributed by atoms with E-state index in [1.165, 1.54) is 19.9 Å². The third kappa shape index (κ3) is 3.81. The number of carbonyl (C=O) groups excluding carboxylic acids is 1. The van der Waals surface area contributed by atoms with Crippen LogP contribution in [0.5, 0.6) is 0 Å². The molecule has 2 rings (SSSR count). The predicted octanol–water partition coefficient (Wildman–Crippen LogP) is 5.53. The molecule has 2 aromatic rings. The minimum absolute atomic E-state index is 0.149. The van der Waals surface area contributed by atoms with Crippen molar-refractivity contribution in [2.75, 3.05) is 19.8 Å². The first-order chi connectivity index (χ1) is 12.2. The zero-order valence-electron chi connectivity index (χ0n) is 14.4. The topological polar surface area (TPSA) is 61.8 Å². The molecule has 0 unspecified atom stereocenters. The summed E-state index contributed by atoms with van der Waals surface area (Å²) in [6.07, 6.45) is 0. The summed E-state index contributed by atoms with van der Waals surface area (Å²) in [5.74, 6) is -1.89. The van der Waals surface area contributed by atoms with Gasteiger partial charge < -0.3 is 13.8 Å². The van der Waals surface area contributed by atoms with Gasteiger partial charge in [0.1, 0.15) is 10.7 Å². The summed E-state index contributed by atoms with van der Waals surface area (Å²) < 4.78 is 71.0. The Morgan fingerprint density at radius 2 is 1.73 bits per heavy atom. The molecular weight excluding hydrogens is 392 g/mol. The maximum atomic E-state index is 14.8. The van der Waals surface area contributed by atoms with E-state index in [-0.39, 0.29) is 34.8 Å². The van der Waals surface area contributed by atoms with Gasteiger partial charge in [0.25, 0.3) is 0 Å². The van der Waals surface area contributed by atoms with E-state index < -0.39 is 30.6 Å². The van der Waals surface area contributed by atoms with Crippen LogP contribution in [0.1, 0.15) is 36.0 Å².